The van der Waals surface area contributed by atoms with Crippen LogP contribution in [0.4, 0.5) is 5.69 Å². The lowest BCUT2D eigenvalue weighted by atomic mass is 9.87. The number of anilines is 1. The number of hydrogen-bond donors (Lipinski definition) is 0. The zero-order valence-electron chi connectivity index (χ0n) is 21.3. The minimum atomic E-state index is 0.00803. The molecule has 5 rings (SSSR count). The monoisotopic (exact) mass is 467 g/mol. The Morgan fingerprint density at radius 1 is 0.800 bits per heavy atom. The first kappa shape index (κ1) is 23.6. The average Bonchev–Trinajstić information content (AvgIpc) is 3.30. The zero-order chi connectivity index (χ0) is 24.4. The van der Waals surface area contributed by atoms with Gasteiger partial charge in [-0.3, -0.25) is 9.69 Å². The van der Waals surface area contributed by atoms with Gasteiger partial charge in [0.05, 0.1) is 5.92 Å². The minimum absolute atomic E-state index is 0.00803. The van der Waals surface area contributed by atoms with Gasteiger partial charge in [0.15, 0.2) is 0 Å². The summed E-state index contributed by atoms with van der Waals surface area (Å²) in [7, 11) is 0. The lowest BCUT2D eigenvalue weighted by molar-refractivity contribution is -0.135. The molecule has 3 aromatic rings. The molecule has 2 heterocycles. The smallest absolute Gasteiger partial charge is 0.227 e. The third-order valence-corrected chi connectivity index (χ3v) is 7.76. The van der Waals surface area contributed by atoms with Gasteiger partial charge in [0.2, 0.25) is 5.91 Å². The molecule has 0 aromatic heterocycles. The number of nitrogens with zero attached hydrogens (tertiary/aromatic N) is 3. The summed E-state index contributed by atoms with van der Waals surface area (Å²) in [5.41, 5.74) is 7.77. The van der Waals surface area contributed by atoms with Gasteiger partial charge in [0, 0.05) is 57.4 Å². The van der Waals surface area contributed by atoms with Crippen molar-refractivity contribution in [3.8, 4) is 0 Å². The maximum absolute atomic E-state index is 13.9. The van der Waals surface area contributed by atoms with Crippen LogP contribution in [0.1, 0.15) is 33.7 Å². The van der Waals surface area contributed by atoms with Gasteiger partial charge < -0.3 is 9.80 Å². The Kier molecular flexibility index (Phi) is 6.92. The van der Waals surface area contributed by atoms with Gasteiger partial charge in [-0.2, -0.15) is 0 Å². The van der Waals surface area contributed by atoms with E-state index in [4.69, 9.17) is 0 Å². The Bertz CT molecular complexity index is 1150. The molecular formula is C31H37N3O. The van der Waals surface area contributed by atoms with Gasteiger partial charge in [-0.1, -0.05) is 72.3 Å². The quantitative estimate of drug-likeness (QED) is 0.518. The number of likely N-dealkylation sites (tertiary alicyclic amines) is 1. The van der Waals surface area contributed by atoms with Crippen molar-refractivity contribution < 1.29 is 4.79 Å². The van der Waals surface area contributed by atoms with E-state index in [1.54, 1.807) is 0 Å². The van der Waals surface area contributed by atoms with Gasteiger partial charge in [-0.15, -0.1) is 0 Å². The molecule has 0 spiro atoms. The molecule has 2 aliphatic heterocycles. The highest BCUT2D eigenvalue weighted by molar-refractivity contribution is 5.81. The van der Waals surface area contributed by atoms with Gasteiger partial charge in [-0.05, 0) is 49.1 Å². The number of benzene rings is 3. The molecule has 1 amide bonds. The van der Waals surface area contributed by atoms with Crippen LogP contribution in [-0.4, -0.2) is 55.0 Å². The van der Waals surface area contributed by atoms with Crippen molar-refractivity contribution in [2.75, 3.05) is 44.2 Å². The molecule has 182 valence electrons. The molecule has 0 aliphatic carbocycles. The fourth-order valence-corrected chi connectivity index (χ4v) is 5.72. The lowest BCUT2D eigenvalue weighted by Gasteiger charge is -2.38. The van der Waals surface area contributed by atoms with Crippen molar-refractivity contribution in [3.63, 3.8) is 0 Å². The highest BCUT2D eigenvalue weighted by atomic mass is 16.2. The van der Waals surface area contributed by atoms with Gasteiger partial charge in [0.1, 0.15) is 0 Å². The molecule has 3 aromatic carbocycles. The second-order valence-corrected chi connectivity index (χ2v) is 10.4. The molecule has 35 heavy (non-hydrogen) atoms. The summed E-state index contributed by atoms with van der Waals surface area (Å²) < 4.78 is 0. The number of carbonyl (C=O) groups excluding carboxylic acids is 1. The maximum atomic E-state index is 13.9. The molecule has 2 saturated heterocycles. The van der Waals surface area contributed by atoms with E-state index in [1.807, 2.05) is 0 Å². The van der Waals surface area contributed by atoms with Crippen molar-refractivity contribution in [2.24, 2.45) is 5.92 Å². The number of amides is 1. The summed E-state index contributed by atoms with van der Waals surface area (Å²) in [5, 5.41) is 0. The van der Waals surface area contributed by atoms with E-state index < -0.39 is 0 Å². The van der Waals surface area contributed by atoms with Crippen LogP contribution in [0.2, 0.25) is 0 Å². The fraction of sp³-hybridized carbons (Fsp3) is 0.387. The van der Waals surface area contributed by atoms with Gasteiger partial charge in [0.25, 0.3) is 0 Å². The zero-order valence-corrected chi connectivity index (χ0v) is 21.3. The van der Waals surface area contributed by atoms with E-state index in [2.05, 4.69) is 108 Å². The fourth-order valence-electron chi connectivity index (χ4n) is 5.72. The summed E-state index contributed by atoms with van der Waals surface area (Å²) >= 11 is 0. The highest BCUT2D eigenvalue weighted by Gasteiger charge is 2.40. The standard InChI is InChI=1S/C31H37N3O/c1-23-10-13-27(14-11-23)28-21-32(20-26-7-5-4-6-8-26)22-29(28)31(35)34-17-15-33(16-18-34)30-19-24(2)9-12-25(30)3/h4-14,19,28-29H,15-18,20-22H2,1-3H3/t28-,29+/m0/s1. The van der Waals surface area contributed by atoms with Crippen LogP contribution in [0, 0.1) is 26.7 Å². The van der Waals surface area contributed by atoms with Crippen LogP contribution in [0.15, 0.2) is 72.8 Å². The Labute approximate surface area is 210 Å². The molecular weight excluding hydrogens is 430 g/mol. The number of piperazine rings is 1. The summed E-state index contributed by atoms with van der Waals surface area (Å²) in [4.78, 5) is 20.9. The number of rotatable bonds is 5. The van der Waals surface area contributed by atoms with E-state index >= 15 is 0 Å². The summed E-state index contributed by atoms with van der Waals surface area (Å²) in [5.74, 6) is 0.573. The Balaban J connectivity index is 1.30. The van der Waals surface area contributed by atoms with Crippen molar-refractivity contribution in [1.29, 1.82) is 0 Å². The second-order valence-electron chi connectivity index (χ2n) is 10.4. The minimum Gasteiger partial charge on any atom is -0.368 e. The Morgan fingerprint density at radius 3 is 2.20 bits per heavy atom. The second kappa shape index (κ2) is 10.2. The Morgan fingerprint density at radius 2 is 1.49 bits per heavy atom. The van der Waals surface area contributed by atoms with Crippen LogP contribution in [0.3, 0.4) is 0 Å². The number of aryl methyl sites for hydroxylation is 3. The van der Waals surface area contributed by atoms with Crippen molar-refractivity contribution >= 4 is 11.6 Å². The lowest BCUT2D eigenvalue weighted by Crippen LogP contribution is -2.51. The van der Waals surface area contributed by atoms with Crippen LogP contribution in [0.5, 0.6) is 0 Å². The molecule has 4 heteroatoms. The average molecular weight is 468 g/mol. The first-order chi connectivity index (χ1) is 17.0. The molecule has 4 nitrogen and oxygen atoms in total. The van der Waals surface area contributed by atoms with E-state index in [1.165, 1.54) is 33.5 Å². The van der Waals surface area contributed by atoms with E-state index in [0.29, 0.717) is 5.91 Å². The predicted molar refractivity (Wildman–Crippen MR) is 144 cm³/mol. The summed E-state index contributed by atoms with van der Waals surface area (Å²) in [6.45, 7) is 12.5. The summed E-state index contributed by atoms with van der Waals surface area (Å²) in [6.07, 6.45) is 0. The van der Waals surface area contributed by atoms with Crippen LogP contribution >= 0.6 is 0 Å². The molecule has 0 radical (unpaired) electrons. The largest absolute Gasteiger partial charge is 0.368 e. The topological polar surface area (TPSA) is 26.8 Å². The van der Waals surface area contributed by atoms with E-state index in [0.717, 1.165) is 45.8 Å². The molecule has 0 bridgehead atoms. The Hall–Kier alpha value is -3.11. The van der Waals surface area contributed by atoms with E-state index in [-0.39, 0.29) is 11.8 Å². The van der Waals surface area contributed by atoms with Crippen molar-refractivity contribution in [1.82, 2.24) is 9.80 Å². The molecule has 2 atom stereocenters. The third-order valence-electron chi connectivity index (χ3n) is 7.76. The van der Waals surface area contributed by atoms with E-state index in [9.17, 15) is 4.79 Å². The first-order valence-electron chi connectivity index (χ1n) is 12.9. The molecule has 2 fully saturated rings. The van der Waals surface area contributed by atoms with Crippen LogP contribution in [0.25, 0.3) is 0 Å². The molecule has 0 unspecified atom stereocenters. The molecule has 2 aliphatic rings. The predicted octanol–water partition coefficient (Wildman–Crippen LogP) is 5.18. The van der Waals surface area contributed by atoms with Gasteiger partial charge >= 0.3 is 0 Å². The molecule has 0 N–H and O–H groups in total. The summed E-state index contributed by atoms with van der Waals surface area (Å²) in [6, 6.07) is 26.1. The van der Waals surface area contributed by atoms with Crippen LogP contribution in [-0.2, 0) is 11.3 Å². The van der Waals surface area contributed by atoms with Crippen molar-refractivity contribution in [2.45, 2.75) is 33.2 Å². The van der Waals surface area contributed by atoms with Crippen LogP contribution < -0.4 is 4.90 Å². The first-order valence-corrected chi connectivity index (χ1v) is 12.9. The SMILES string of the molecule is Cc1ccc([C@@H]2CN(Cc3ccccc3)C[C@H]2C(=O)N2CCN(c3cc(C)ccc3C)CC2)cc1. The normalized spacial score (nSPS) is 20.9. The highest BCUT2D eigenvalue weighted by Crippen LogP contribution is 2.35. The van der Waals surface area contributed by atoms with Gasteiger partial charge in [-0.25, -0.2) is 0 Å². The molecule has 0 saturated carbocycles. The third kappa shape index (κ3) is 5.28. The maximum Gasteiger partial charge on any atom is 0.227 e. The van der Waals surface area contributed by atoms with Crippen molar-refractivity contribution in [3.05, 3.63) is 101 Å². The number of hydrogen-bond acceptors (Lipinski definition) is 3. The number of carbonyl (C=O) groups is 1.